The SMILES string of the molecule is Nc1cnccc1S(=O)(=O)CC(=O)NCC(F)(F)F. The molecule has 0 saturated heterocycles. The van der Waals surface area contributed by atoms with E-state index in [1.165, 1.54) is 5.32 Å². The van der Waals surface area contributed by atoms with E-state index < -0.39 is 34.2 Å². The third kappa shape index (κ3) is 4.73. The number of nitrogens with zero attached hydrogens (tertiary/aromatic N) is 1. The predicted molar refractivity (Wildman–Crippen MR) is 59.8 cm³/mol. The molecule has 0 fully saturated rings. The number of carbonyl (C=O) groups excluding carboxylic acids is 1. The van der Waals surface area contributed by atoms with Crippen LogP contribution in [0.1, 0.15) is 0 Å². The number of halogens is 3. The molecule has 0 aliphatic heterocycles. The van der Waals surface area contributed by atoms with Crippen LogP contribution in [0.15, 0.2) is 23.4 Å². The Labute approximate surface area is 106 Å². The number of amides is 1. The zero-order chi connectivity index (χ0) is 14.7. The lowest BCUT2D eigenvalue weighted by Crippen LogP contribution is -2.37. The molecule has 0 radical (unpaired) electrons. The van der Waals surface area contributed by atoms with Gasteiger partial charge in [0.25, 0.3) is 0 Å². The monoisotopic (exact) mass is 297 g/mol. The lowest BCUT2D eigenvalue weighted by atomic mass is 10.4. The van der Waals surface area contributed by atoms with E-state index in [2.05, 4.69) is 4.98 Å². The number of pyridine rings is 1. The average Bonchev–Trinajstić information content (AvgIpc) is 2.25. The molecule has 19 heavy (non-hydrogen) atoms. The van der Waals surface area contributed by atoms with Gasteiger partial charge in [0.15, 0.2) is 9.84 Å². The van der Waals surface area contributed by atoms with Gasteiger partial charge in [-0.15, -0.1) is 0 Å². The summed E-state index contributed by atoms with van der Waals surface area (Å²) in [5, 5.41) is 1.47. The zero-order valence-corrected chi connectivity index (χ0v) is 10.3. The van der Waals surface area contributed by atoms with Crippen molar-refractivity contribution in [1.82, 2.24) is 10.3 Å². The van der Waals surface area contributed by atoms with Crippen molar-refractivity contribution in [2.45, 2.75) is 11.1 Å². The van der Waals surface area contributed by atoms with E-state index in [1.54, 1.807) is 0 Å². The molecule has 1 aromatic heterocycles. The fraction of sp³-hybridized carbons (Fsp3) is 0.333. The molecular formula is C9H10F3N3O3S. The molecule has 0 aliphatic rings. The maximum Gasteiger partial charge on any atom is 0.405 e. The highest BCUT2D eigenvalue weighted by Crippen LogP contribution is 2.17. The van der Waals surface area contributed by atoms with Gasteiger partial charge in [0.05, 0.1) is 16.8 Å². The van der Waals surface area contributed by atoms with Gasteiger partial charge in [-0.05, 0) is 6.07 Å². The first-order chi connectivity index (χ1) is 8.62. The topological polar surface area (TPSA) is 102 Å². The van der Waals surface area contributed by atoms with Crippen LogP contribution >= 0.6 is 0 Å². The highest BCUT2D eigenvalue weighted by molar-refractivity contribution is 7.92. The molecule has 0 spiro atoms. The first-order valence-electron chi connectivity index (χ1n) is 4.87. The van der Waals surface area contributed by atoms with Gasteiger partial charge < -0.3 is 11.1 Å². The lowest BCUT2D eigenvalue weighted by molar-refractivity contribution is -0.137. The largest absolute Gasteiger partial charge is 0.405 e. The number of nitrogens with two attached hydrogens (primary N) is 1. The van der Waals surface area contributed by atoms with Gasteiger partial charge in [0, 0.05) is 6.20 Å². The minimum atomic E-state index is -4.60. The lowest BCUT2D eigenvalue weighted by Gasteiger charge is -2.09. The number of sulfone groups is 1. The van der Waals surface area contributed by atoms with Gasteiger partial charge >= 0.3 is 6.18 Å². The molecule has 1 aromatic rings. The van der Waals surface area contributed by atoms with Crippen molar-refractivity contribution >= 4 is 21.4 Å². The van der Waals surface area contributed by atoms with Crippen LogP contribution in [0, 0.1) is 0 Å². The summed E-state index contributed by atoms with van der Waals surface area (Å²) >= 11 is 0. The molecule has 3 N–H and O–H groups in total. The Morgan fingerprint density at radius 3 is 2.58 bits per heavy atom. The van der Waals surface area contributed by atoms with Crippen LogP contribution in [0.5, 0.6) is 0 Å². The van der Waals surface area contributed by atoms with Crippen molar-refractivity contribution in [3.8, 4) is 0 Å². The Balaban J connectivity index is 2.76. The van der Waals surface area contributed by atoms with E-state index in [0.29, 0.717) is 0 Å². The van der Waals surface area contributed by atoms with Crippen LogP contribution in [-0.2, 0) is 14.6 Å². The van der Waals surface area contributed by atoms with E-state index in [-0.39, 0.29) is 10.6 Å². The Morgan fingerprint density at radius 2 is 2.05 bits per heavy atom. The molecule has 10 heteroatoms. The molecular weight excluding hydrogens is 287 g/mol. The smallest absolute Gasteiger partial charge is 0.396 e. The van der Waals surface area contributed by atoms with E-state index in [1.807, 2.05) is 0 Å². The minimum absolute atomic E-state index is 0.175. The molecule has 106 valence electrons. The van der Waals surface area contributed by atoms with Crippen LogP contribution in [0.4, 0.5) is 18.9 Å². The molecule has 0 atom stereocenters. The molecule has 0 aliphatic carbocycles. The number of alkyl halides is 3. The molecule has 0 bridgehead atoms. The van der Waals surface area contributed by atoms with Crippen LogP contribution in [0.25, 0.3) is 0 Å². The van der Waals surface area contributed by atoms with Crippen molar-refractivity contribution in [2.75, 3.05) is 18.0 Å². The second-order valence-corrected chi connectivity index (χ2v) is 5.52. The minimum Gasteiger partial charge on any atom is -0.396 e. The number of carbonyl (C=O) groups is 1. The normalized spacial score (nSPS) is 12.2. The molecule has 1 rings (SSSR count). The standard InChI is InChI=1S/C9H10F3N3O3S/c10-9(11,12)5-15-8(16)4-19(17,18)7-1-2-14-3-6(7)13/h1-3H,4-5,13H2,(H,15,16). The van der Waals surface area contributed by atoms with Crippen molar-refractivity contribution in [2.24, 2.45) is 0 Å². The van der Waals surface area contributed by atoms with Crippen LogP contribution in [-0.4, -0.2) is 37.8 Å². The summed E-state index contributed by atoms with van der Waals surface area (Å²) in [7, 11) is -4.10. The van der Waals surface area contributed by atoms with Gasteiger partial charge in [-0.3, -0.25) is 9.78 Å². The van der Waals surface area contributed by atoms with E-state index in [0.717, 1.165) is 18.5 Å². The van der Waals surface area contributed by atoms with Gasteiger partial charge in [-0.2, -0.15) is 13.2 Å². The number of anilines is 1. The number of nitrogens with one attached hydrogen (secondary N) is 1. The third-order valence-corrected chi connectivity index (χ3v) is 3.64. The Bertz CT molecular complexity index is 572. The van der Waals surface area contributed by atoms with Crippen molar-refractivity contribution in [3.05, 3.63) is 18.5 Å². The number of aromatic nitrogens is 1. The maximum absolute atomic E-state index is 11.8. The quantitative estimate of drug-likeness (QED) is 0.821. The number of rotatable bonds is 4. The summed E-state index contributed by atoms with van der Waals surface area (Å²) in [6.07, 6.45) is -2.38. The fourth-order valence-corrected chi connectivity index (χ4v) is 2.46. The Morgan fingerprint density at radius 1 is 1.42 bits per heavy atom. The Kier molecular flexibility index (Phi) is 4.35. The number of hydrogen-bond donors (Lipinski definition) is 2. The van der Waals surface area contributed by atoms with Crippen LogP contribution in [0.3, 0.4) is 0 Å². The third-order valence-electron chi connectivity index (χ3n) is 1.95. The van der Waals surface area contributed by atoms with E-state index >= 15 is 0 Å². The van der Waals surface area contributed by atoms with Gasteiger partial charge in [-0.1, -0.05) is 0 Å². The van der Waals surface area contributed by atoms with Crippen LogP contribution in [0.2, 0.25) is 0 Å². The zero-order valence-electron chi connectivity index (χ0n) is 9.44. The molecule has 1 amide bonds. The first kappa shape index (κ1) is 15.2. The first-order valence-corrected chi connectivity index (χ1v) is 6.53. The summed E-state index contributed by atoms with van der Waals surface area (Å²) in [6.45, 7) is -1.59. The molecule has 0 unspecified atom stereocenters. The molecule has 0 saturated carbocycles. The summed E-state index contributed by atoms with van der Waals surface area (Å²) in [5.74, 6) is -2.37. The van der Waals surface area contributed by atoms with E-state index in [4.69, 9.17) is 5.73 Å². The van der Waals surface area contributed by atoms with Gasteiger partial charge in [0.2, 0.25) is 5.91 Å². The number of nitrogen functional groups attached to an aromatic ring is 1. The van der Waals surface area contributed by atoms with Crippen molar-refractivity contribution in [1.29, 1.82) is 0 Å². The maximum atomic E-state index is 11.8. The average molecular weight is 297 g/mol. The van der Waals surface area contributed by atoms with Crippen LogP contribution < -0.4 is 11.1 Å². The molecule has 1 heterocycles. The summed E-state index contributed by atoms with van der Waals surface area (Å²) in [4.78, 5) is 14.4. The molecule has 0 aromatic carbocycles. The highest BCUT2D eigenvalue weighted by Gasteiger charge is 2.29. The fourth-order valence-electron chi connectivity index (χ4n) is 1.18. The number of hydrogen-bond acceptors (Lipinski definition) is 5. The van der Waals surface area contributed by atoms with Gasteiger partial charge in [0.1, 0.15) is 12.3 Å². The second-order valence-electron chi connectivity index (χ2n) is 3.56. The Hall–Kier alpha value is -1.84. The summed E-state index contributed by atoms with van der Waals surface area (Å²) in [5.41, 5.74) is 5.20. The van der Waals surface area contributed by atoms with Crippen molar-refractivity contribution in [3.63, 3.8) is 0 Å². The summed E-state index contributed by atoms with van der Waals surface area (Å²) in [6, 6.07) is 1.07. The van der Waals surface area contributed by atoms with E-state index in [9.17, 15) is 26.4 Å². The highest BCUT2D eigenvalue weighted by atomic mass is 32.2. The predicted octanol–water partition coefficient (Wildman–Crippen LogP) is 0.116. The summed E-state index contributed by atoms with van der Waals surface area (Å²) < 4.78 is 59.0. The second kappa shape index (κ2) is 5.43. The van der Waals surface area contributed by atoms with Gasteiger partial charge in [-0.25, -0.2) is 8.42 Å². The molecule has 6 nitrogen and oxygen atoms in total. The van der Waals surface area contributed by atoms with Crippen molar-refractivity contribution < 1.29 is 26.4 Å².